The van der Waals surface area contributed by atoms with E-state index in [9.17, 15) is 29.1 Å². The van der Waals surface area contributed by atoms with Gasteiger partial charge < -0.3 is 25.6 Å². The van der Waals surface area contributed by atoms with Crippen LogP contribution in [0.5, 0.6) is 0 Å². The summed E-state index contributed by atoms with van der Waals surface area (Å²) in [6.45, 7) is 19.2. The molecule has 1 aromatic rings. The lowest BCUT2D eigenvalue weighted by atomic mass is 9.33. The van der Waals surface area contributed by atoms with E-state index in [2.05, 4.69) is 65.2 Å². The molecule has 0 unspecified atom stereocenters. The molecule has 62 heavy (non-hydrogen) atoms. The molecular formula is C52H78N2O8. The van der Waals surface area contributed by atoms with E-state index < -0.39 is 23.9 Å². The number of esters is 1. The highest BCUT2D eigenvalue weighted by Gasteiger charge is 2.69. The molecule has 0 bridgehead atoms. The Morgan fingerprint density at radius 2 is 1.39 bits per heavy atom. The number of hydrogen-bond acceptors (Lipinski definition) is 6. The molecule has 344 valence electrons. The van der Waals surface area contributed by atoms with E-state index in [1.54, 1.807) is 23.8 Å². The van der Waals surface area contributed by atoms with Gasteiger partial charge in [0.1, 0.15) is 12.1 Å². The fourth-order valence-electron chi connectivity index (χ4n) is 14.1. The number of unbranched alkanes of at least 4 members (excludes halogenated alkanes) is 7. The van der Waals surface area contributed by atoms with Gasteiger partial charge >= 0.3 is 17.9 Å². The predicted octanol–water partition coefficient (Wildman–Crippen LogP) is 10.9. The summed E-state index contributed by atoms with van der Waals surface area (Å²) < 4.78 is 6.27. The average molecular weight is 859 g/mol. The number of allylic oxidation sites excluding steroid dienone is 2. The van der Waals surface area contributed by atoms with Gasteiger partial charge in [-0.25, -0.2) is 9.59 Å². The molecule has 2 amide bonds. The van der Waals surface area contributed by atoms with Gasteiger partial charge in [-0.1, -0.05) is 111 Å². The first kappa shape index (κ1) is 47.8. The van der Waals surface area contributed by atoms with Crippen LogP contribution in [0.2, 0.25) is 0 Å². The molecule has 0 aliphatic heterocycles. The Bertz CT molecular complexity index is 1890. The van der Waals surface area contributed by atoms with Crippen molar-refractivity contribution in [3.05, 3.63) is 47.0 Å². The van der Waals surface area contributed by atoms with Gasteiger partial charge in [-0.05, 0) is 136 Å². The Morgan fingerprint density at radius 3 is 2.05 bits per heavy atom. The summed E-state index contributed by atoms with van der Waals surface area (Å²) in [4.78, 5) is 62.9. The summed E-state index contributed by atoms with van der Waals surface area (Å²) in [5.74, 6) is -1.58. The number of rotatable bonds is 17. The summed E-state index contributed by atoms with van der Waals surface area (Å²) >= 11 is 0. The van der Waals surface area contributed by atoms with Crippen LogP contribution in [-0.4, -0.2) is 58.6 Å². The fourth-order valence-corrected chi connectivity index (χ4v) is 14.1. The van der Waals surface area contributed by atoms with Crippen LogP contribution in [0.3, 0.4) is 0 Å². The number of amides is 2. The summed E-state index contributed by atoms with van der Waals surface area (Å²) in [6.07, 6.45) is 20.8. The fraction of sp³-hybridized carbons (Fsp3) is 0.750. The van der Waals surface area contributed by atoms with Crippen molar-refractivity contribution >= 4 is 29.7 Å². The second-order valence-corrected chi connectivity index (χ2v) is 22.4. The van der Waals surface area contributed by atoms with Crippen molar-refractivity contribution in [2.24, 2.45) is 50.2 Å². The molecular weight excluding hydrogens is 781 g/mol. The van der Waals surface area contributed by atoms with Crippen molar-refractivity contribution in [3.8, 4) is 0 Å². The second-order valence-electron chi connectivity index (χ2n) is 22.4. The molecule has 10 nitrogen and oxygen atoms in total. The van der Waals surface area contributed by atoms with Crippen molar-refractivity contribution in [2.45, 2.75) is 190 Å². The second kappa shape index (κ2) is 18.4. The zero-order valence-corrected chi connectivity index (χ0v) is 39.3. The number of aliphatic carboxylic acids is 1. The first-order chi connectivity index (χ1) is 29.1. The van der Waals surface area contributed by atoms with Crippen molar-refractivity contribution in [1.82, 2.24) is 10.6 Å². The molecule has 0 heterocycles. The summed E-state index contributed by atoms with van der Waals surface area (Å²) in [7, 11) is 0. The monoisotopic (exact) mass is 859 g/mol. The Labute approximate surface area is 371 Å². The molecule has 9 atom stereocenters. The Morgan fingerprint density at radius 1 is 0.758 bits per heavy atom. The zero-order chi connectivity index (χ0) is 45.3. The third kappa shape index (κ3) is 9.01. The van der Waals surface area contributed by atoms with Gasteiger partial charge in [-0.15, -0.1) is 0 Å². The SMILES string of the molecule is C[C@H](NC(=O)CCCCCCCCCCNC(=O)[C@]12CCC(C)(C)C[C@H]1C1=CC[C@@H]3[C@@]4(C)CC[C@H](OC(=O)c5ccccc5C(=O)O)C(C)(C)[C@@H]4CC[C@@]3(C)[C@]1(C)CC2)C(=O)O. The topological polar surface area (TPSA) is 159 Å². The van der Waals surface area contributed by atoms with E-state index >= 15 is 0 Å². The van der Waals surface area contributed by atoms with Crippen LogP contribution < -0.4 is 10.6 Å². The lowest BCUT2D eigenvalue weighted by Gasteiger charge is -2.71. The highest BCUT2D eigenvalue weighted by molar-refractivity contribution is 6.02. The number of carbonyl (C=O) groups excluding carboxylic acids is 3. The molecule has 10 heteroatoms. The van der Waals surface area contributed by atoms with E-state index in [-0.39, 0.29) is 67.5 Å². The molecule has 5 aliphatic carbocycles. The maximum absolute atomic E-state index is 14.6. The Balaban J connectivity index is 1.07. The summed E-state index contributed by atoms with van der Waals surface area (Å²) in [5, 5.41) is 24.7. The first-order valence-corrected chi connectivity index (χ1v) is 24.2. The van der Waals surface area contributed by atoms with Crippen LogP contribution in [0.15, 0.2) is 35.9 Å². The molecule has 4 fully saturated rings. The van der Waals surface area contributed by atoms with Gasteiger partial charge in [0, 0.05) is 18.4 Å². The minimum atomic E-state index is -1.13. The third-order valence-corrected chi connectivity index (χ3v) is 18.0. The Hall–Kier alpha value is -3.69. The number of aromatic carboxylic acids is 1. The smallest absolute Gasteiger partial charge is 0.339 e. The number of fused-ring (bicyclic) bond motifs is 7. The van der Waals surface area contributed by atoms with Crippen LogP contribution in [-0.2, 0) is 19.1 Å². The van der Waals surface area contributed by atoms with E-state index in [0.717, 1.165) is 116 Å². The predicted molar refractivity (Wildman–Crippen MR) is 241 cm³/mol. The van der Waals surface area contributed by atoms with Crippen molar-refractivity contribution in [1.29, 1.82) is 0 Å². The molecule has 0 aromatic heterocycles. The maximum atomic E-state index is 14.6. The van der Waals surface area contributed by atoms with Gasteiger partial charge in [-0.3, -0.25) is 14.4 Å². The highest BCUT2D eigenvalue weighted by Crippen LogP contribution is 2.76. The minimum absolute atomic E-state index is 0.00883. The molecule has 0 saturated heterocycles. The largest absolute Gasteiger partial charge is 0.480 e. The van der Waals surface area contributed by atoms with Crippen molar-refractivity contribution in [3.63, 3.8) is 0 Å². The summed E-state index contributed by atoms with van der Waals surface area (Å²) in [5.41, 5.74) is 1.27. The highest BCUT2D eigenvalue weighted by atomic mass is 16.5. The van der Waals surface area contributed by atoms with E-state index in [0.29, 0.717) is 24.8 Å². The van der Waals surface area contributed by atoms with Gasteiger partial charge in [0.25, 0.3) is 0 Å². The van der Waals surface area contributed by atoms with Gasteiger partial charge in [0.15, 0.2) is 0 Å². The van der Waals surface area contributed by atoms with Crippen LogP contribution >= 0.6 is 0 Å². The normalized spacial score (nSPS) is 33.5. The molecule has 0 radical (unpaired) electrons. The molecule has 6 rings (SSSR count). The van der Waals surface area contributed by atoms with Crippen LogP contribution in [0.4, 0.5) is 0 Å². The van der Waals surface area contributed by atoms with Gasteiger partial charge in [-0.2, -0.15) is 0 Å². The van der Waals surface area contributed by atoms with Crippen molar-refractivity contribution in [2.75, 3.05) is 6.54 Å². The minimum Gasteiger partial charge on any atom is -0.480 e. The number of benzene rings is 1. The van der Waals surface area contributed by atoms with Gasteiger partial charge in [0.2, 0.25) is 11.8 Å². The number of hydrogen-bond donors (Lipinski definition) is 4. The zero-order valence-electron chi connectivity index (χ0n) is 39.3. The number of carboxylic acids is 2. The molecule has 4 saturated carbocycles. The number of carboxylic acid groups (broad SMARTS) is 2. The van der Waals surface area contributed by atoms with E-state index in [1.165, 1.54) is 13.0 Å². The standard InChI is InChI=1S/C52H78N2O8/c1-34(43(56)57)54-42(55)21-15-13-11-9-10-12-14-18-32-53-46(61)52-30-28-47(2,3)33-38(52)37-22-23-40-49(6)26-25-41(62-45(60)36-20-17-16-19-35(36)44(58)59)48(4,5)39(49)24-27-51(40,8)50(37,7)29-31-52/h16-17,19-20,22,34,38-41H,9-15,18,21,23-33H2,1-8H3,(H,53,61)(H,54,55)(H,56,57)(H,58,59)/t34-,38-,39-,40+,41-,49-,50+,51+,52-/m0/s1. The van der Waals surface area contributed by atoms with E-state index in [4.69, 9.17) is 9.84 Å². The first-order valence-electron chi connectivity index (χ1n) is 24.2. The number of nitrogens with one attached hydrogen (secondary N) is 2. The quantitative estimate of drug-likeness (QED) is 0.0684. The number of ether oxygens (including phenoxy) is 1. The van der Waals surface area contributed by atoms with E-state index in [1.807, 2.05) is 0 Å². The number of carbonyl (C=O) groups is 5. The van der Waals surface area contributed by atoms with Crippen LogP contribution in [0.25, 0.3) is 0 Å². The molecule has 1 aromatic carbocycles. The third-order valence-electron chi connectivity index (χ3n) is 18.0. The average Bonchev–Trinajstić information content (AvgIpc) is 3.20. The lowest BCUT2D eigenvalue weighted by molar-refractivity contribution is -0.204. The van der Waals surface area contributed by atoms with Crippen molar-refractivity contribution < 1.29 is 38.9 Å². The van der Waals surface area contributed by atoms with Crippen LogP contribution in [0, 0.1) is 50.2 Å². The Kier molecular flexibility index (Phi) is 14.2. The summed E-state index contributed by atoms with van der Waals surface area (Å²) in [6, 6.07) is 5.49. The molecule has 5 aliphatic rings. The molecule has 0 spiro atoms. The molecule has 4 N–H and O–H groups in total. The lowest BCUT2D eigenvalue weighted by Crippen LogP contribution is -2.65. The van der Waals surface area contributed by atoms with Gasteiger partial charge in [0.05, 0.1) is 16.5 Å². The van der Waals surface area contributed by atoms with Crippen LogP contribution in [0.1, 0.15) is 198 Å². The maximum Gasteiger partial charge on any atom is 0.339 e.